The average Bonchev–Trinajstić information content (AvgIpc) is 2.67. The lowest BCUT2D eigenvalue weighted by Gasteiger charge is -2.18. The SMILES string of the molecule is CCCc1nc2cc(N)ccc2n1CC(C)C(C)C. The van der Waals surface area contributed by atoms with Gasteiger partial charge in [0.1, 0.15) is 5.82 Å². The van der Waals surface area contributed by atoms with Crippen LogP contribution in [0.4, 0.5) is 5.69 Å². The maximum absolute atomic E-state index is 5.86. The van der Waals surface area contributed by atoms with E-state index in [9.17, 15) is 0 Å². The number of aryl methyl sites for hydroxylation is 1. The molecule has 0 fully saturated rings. The molecule has 3 nitrogen and oxygen atoms in total. The topological polar surface area (TPSA) is 43.8 Å². The number of nitrogens with zero attached hydrogens (tertiary/aromatic N) is 2. The number of aromatic nitrogens is 2. The van der Waals surface area contributed by atoms with Gasteiger partial charge in [0.15, 0.2) is 0 Å². The summed E-state index contributed by atoms with van der Waals surface area (Å²) in [7, 11) is 0. The molecule has 19 heavy (non-hydrogen) atoms. The third-order valence-electron chi connectivity index (χ3n) is 3.93. The van der Waals surface area contributed by atoms with Crippen molar-refractivity contribution in [3.05, 3.63) is 24.0 Å². The smallest absolute Gasteiger partial charge is 0.109 e. The molecule has 0 bridgehead atoms. The Hall–Kier alpha value is -1.51. The Morgan fingerprint density at radius 3 is 2.63 bits per heavy atom. The van der Waals surface area contributed by atoms with Gasteiger partial charge in [0.2, 0.25) is 0 Å². The lowest BCUT2D eigenvalue weighted by atomic mass is 9.98. The molecule has 2 N–H and O–H groups in total. The van der Waals surface area contributed by atoms with Crippen molar-refractivity contribution < 1.29 is 0 Å². The molecule has 1 heterocycles. The van der Waals surface area contributed by atoms with Crippen LogP contribution in [0.3, 0.4) is 0 Å². The Labute approximate surface area is 115 Å². The standard InChI is InChI=1S/C16H25N3/c1-5-6-16-18-14-9-13(17)7-8-15(14)19(16)10-12(4)11(2)3/h7-9,11-12H,5-6,10,17H2,1-4H3. The van der Waals surface area contributed by atoms with Gasteiger partial charge in [0.05, 0.1) is 11.0 Å². The van der Waals surface area contributed by atoms with Crippen LogP contribution in [0.15, 0.2) is 18.2 Å². The van der Waals surface area contributed by atoms with Gasteiger partial charge in [-0.3, -0.25) is 0 Å². The minimum atomic E-state index is 0.644. The number of fused-ring (bicyclic) bond motifs is 1. The summed E-state index contributed by atoms with van der Waals surface area (Å²) in [6, 6.07) is 6.05. The van der Waals surface area contributed by atoms with Gasteiger partial charge in [-0.05, 0) is 36.5 Å². The van der Waals surface area contributed by atoms with Crippen molar-refractivity contribution in [3.8, 4) is 0 Å². The molecule has 0 saturated heterocycles. The van der Waals surface area contributed by atoms with E-state index >= 15 is 0 Å². The maximum atomic E-state index is 5.86. The fourth-order valence-electron chi connectivity index (χ4n) is 2.31. The molecule has 0 amide bonds. The predicted octanol–water partition coefficient (Wildman–Crippen LogP) is 3.86. The van der Waals surface area contributed by atoms with Crippen LogP contribution in [0.25, 0.3) is 11.0 Å². The first-order chi connectivity index (χ1) is 9.02. The molecule has 0 saturated carbocycles. The maximum Gasteiger partial charge on any atom is 0.109 e. The summed E-state index contributed by atoms with van der Waals surface area (Å²) in [6.45, 7) is 10.1. The Morgan fingerprint density at radius 2 is 2.00 bits per heavy atom. The Balaban J connectivity index is 2.45. The lowest BCUT2D eigenvalue weighted by molar-refractivity contribution is 0.364. The van der Waals surface area contributed by atoms with Crippen molar-refractivity contribution in [3.63, 3.8) is 0 Å². The van der Waals surface area contributed by atoms with Crippen LogP contribution in [0, 0.1) is 11.8 Å². The summed E-state index contributed by atoms with van der Waals surface area (Å²) in [5.41, 5.74) is 8.89. The number of imidazole rings is 1. The third kappa shape index (κ3) is 2.91. The van der Waals surface area contributed by atoms with Crippen molar-refractivity contribution in [2.75, 3.05) is 5.73 Å². The van der Waals surface area contributed by atoms with E-state index in [2.05, 4.69) is 38.3 Å². The van der Waals surface area contributed by atoms with Crippen LogP contribution in [0.1, 0.15) is 39.9 Å². The molecule has 104 valence electrons. The van der Waals surface area contributed by atoms with E-state index in [0.29, 0.717) is 11.8 Å². The largest absolute Gasteiger partial charge is 0.399 e. The molecule has 1 aromatic carbocycles. The zero-order valence-corrected chi connectivity index (χ0v) is 12.5. The Morgan fingerprint density at radius 1 is 1.26 bits per heavy atom. The van der Waals surface area contributed by atoms with Crippen molar-refractivity contribution in [1.82, 2.24) is 9.55 Å². The van der Waals surface area contributed by atoms with Gasteiger partial charge < -0.3 is 10.3 Å². The zero-order chi connectivity index (χ0) is 14.0. The highest BCUT2D eigenvalue weighted by molar-refractivity contribution is 5.79. The highest BCUT2D eigenvalue weighted by Crippen LogP contribution is 2.23. The summed E-state index contributed by atoms with van der Waals surface area (Å²) in [5, 5.41) is 0. The summed E-state index contributed by atoms with van der Waals surface area (Å²) in [4.78, 5) is 4.76. The molecule has 1 aromatic heterocycles. The molecule has 0 aliphatic carbocycles. The molecule has 2 rings (SSSR count). The number of rotatable bonds is 5. The van der Waals surface area contributed by atoms with E-state index in [1.165, 1.54) is 11.3 Å². The molecular weight excluding hydrogens is 234 g/mol. The van der Waals surface area contributed by atoms with E-state index in [1.807, 2.05) is 12.1 Å². The Bertz CT molecular complexity index is 554. The van der Waals surface area contributed by atoms with Gasteiger partial charge in [0, 0.05) is 18.7 Å². The molecule has 1 atom stereocenters. The summed E-state index contributed by atoms with van der Waals surface area (Å²) in [5.74, 6) is 2.52. The van der Waals surface area contributed by atoms with Crippen molar-refractivity contribution >= 4 is 16.7 Å². The van der Waals surface area contributed by atoms with Gasteiger partial charge in [0.25, 0.3) is 0 Å². The molecule has 3 heteroatoms. The first-order valence-electron chi connectivity index (χ1n) is 7.27. The van der Waals surface area contributed by atoms with Crippen LogP contribution in [0.5, 0.6) is 0 Å². The number of anilines is 1. The quantitative estimate of drug-likeness (QED) is 0.828. The molecule has 1 unspecified atom stereocenters. The van der Waals surface area contributed by atoms with Crippen LogP contribution in [-0.4, -0.2) is 9.55 Å². The monoisotopic (exact) mass is 259 g/mol. The van der Waals surface area contributed by atoms with Crippen molar-refractivity contribution in [1.29, 1.82) is 0 Å². The summed E-state index contributed by atoms with van der Waals surface area (Å²) >= 11 is 0. The predicted molar refractivity (Wildman–Crippen MR) is 82.1 cm³/mol. The minimum absolute atomic E-state index is 0.644. The number of benzene rings is 1. The second-order valence-electron chi connectivity index (χ2n) is 5.86. The molecule has 0 aliphatic heterocycles. The van der Waals surface area contributed by atoms with Crippen molar-refractivity contribution in [2.24, 2.45) is 11.8 Å². The van der Waals surface area contributed by atoms with Crippen molar-refractivity contribution in [2.45, 2.75) is 47.1 Å². The van der Waals surface area contributed by atoms with Crippen LogP contribution in [0.2, 0.25) is 0 Å². The van der Waals surface area contributed by atoms with Gasteiger partial charge in [-0.2, -0.15) is 0 Å². The third-order valence-corrected chi connectivity index (χ3v) is 3.93. The summed E-state index contributed by atoms with van der Waals surface area (Å²) < 4.78 is 2.38. The number of nitrogen functional groups attached to an aromatic ring is 1. The second kappa shape index (κ2) is 5.64. The number of hydrogen-bond donors (Lipinski definition) is 1. The van der Waals surface area contributed by atoms with E-state index in [0.717, 1.165) is 30.6 Å². The highest BCUT2D eigenvalue weighted by atomic mass is 15.1. The highest BCUT2D eigenvalue weighted by Gasteiger charge is 2.14. The molecule has 2 aromatic rings. The zero-order valence-electron chi connectivity index (χ0n) is 12.5. The Kier molecular flexibility index (Phi) is 4.13. The molecule has 0 aliphatic rings. The number of hydrogen-bond acceptors (Lipinski definition) is 2. The fourth-order valence-corrected chi connectivity index (χ4v) is 2.31. The number of nitrogens with two attached hydrogens (primary N) is 1. The van der Waals surface area contributed by atoms with Crippen LogP contribution >= 0.6 is 0 Å². The molecular formula is C16H25N3. The van der Waals surface area contributed by atoms with E-state index in [-0.39, 0.29) is 0 Å². The van der Waals surface area contributed by atoms with Gasteiger partial charge >= 0.3 is 0 Å². The average molecular weight is 259 g/mol. The van der Waals surface area contributed by atoms with E-state index < -0.39 is 0 Å². The van der Waals surface area contributed by atoms with Gasteiger partial charge in [-0.1, -0.05) is 27.7 Å². The lowest BCUT2D eigenvalue weighted by Crippen LogP contribution is -2.15. The summed E-state index contributed by atoms with van der Waals surface area (Å²) in [6.07, 6.45) is 2.15. The van der Waals surface area contributed by atoms with E-state index in [4.69, 9.17) is 10.7 Å². The van der Waals surface area contributed by atoms with E-state index in [1.54, 1.807) is 0 Å². The fraction of sp³-hybridized carbons (Fsp3) is 0.562. The molecule has 0 radical (unpaired) electrons. The van der Waals surface area contributed by atoms with Crippen LogP contribution < -0.4 is 5.73 Å². The second-order valence-corrected chi connectivity index (χ2v) is 5.86. The minimum Gasteiger partial charge on any atom is -0.399 e. The first-order valence-corrected chi connectivity index (χ1v) is 7.27. The van der Waals surface area contributed by atoms with Crippen LogP contribution in [-0.2, 0) is 13.0 Å². The van der Waals surface area contributed by atoms with Gasteiger partial charge in [-0.15, -0.1) is 0 Å². The normalized spacial score (nSPS) is 13.3. The van der Waals surface area contributed by atoms with Gasteiger partial charge in [-0.25, -0.2) is 4.98 Å². The molecule has 0 spiro atoms. The first kappa shape index (κ1) is 13.9.